The average molecular weight is 346 g/mol. The van der Waals surface area contributed by atoms with Crippen LogP contribution in [0.3, 0.4) is 0 Å². The van der Waals surface area contributed by atoms with Crippen LogP contribution in [0.15, 0.2) is 34.2 Å². The highest BCUT2D eigenvalue weighted by molar-refractivity contribution is 8.18. The number of quaternary nitrogens is 1. The van der Waals surface area contributed by atoms with Gasteiger partial charge in [0.15, 0.2) is 5.17 Å². The molecule has 1 N–H and O–H groups in total. The molecule has 0 aliphatic carbocycles. The van der Waals surface area contributed by atoms with E-state index in [-0.39, 0.29) is 12.0 Å². The van der Waals surface area contributed by atoms with Gasteiger partial charge in [-0.1, -0.05) is 12.1 Å². The zero-order chi connectivity index (χ0) is 17.1. The van der Waals surface area contributed by atoms with Crippen molar-refractivity contribution in [2.45, 2.75) is 20.0 Å². The maximum atomic E-state index is 12.2. The summed E-state index contributed by atoms with van der Waals surface area (Å²) in [5, 5.41) is 0.846. The van der Waals surface area contributed by atoms with Crippen LogP contribution < -0.4 is 9.64 Å². The quantitative estimate of drug-likeness (QED) is 0.838. The number of likely N-dealkylation sites (N-methyl/N-ethyl adjacent to an activating group) is 1. The lowest BCUT2D eigenvalue weighted by molar-refractivity contribution is -0.883. The van der Waals surface area contributed by atoms with Crippen LogP contribution in [-0.2, 0) is 4.79 Å². The normalized spacial score (nSPS) is 20.8. The van der Waals surface area contributed by atoms with E-state index in [1.165, 1.54) is 16.7 Å². The Morgan fingerprint density at radius 2 is 1.92 bits per heavy atom. The average Bonchev–Trinajstić information content (AvgIpc) is 2.90. The van der Waals surface area contributed by atoms with E-state index in [0.29, 0.717) is 4.91 Å². The van der Waals surface area contributed by atoms with Crippen LogP contribution in [0.25, 0.3) is 6.08 Å². The molecule has 3 rings (SSSR count). The van der Waals surface area contributed by atoms with E-state index in [1.807, 2.05) is 44.2 Å². The van der Waals surface area contributed by atoms with Gasteiger partial charge < -0.3 is 14.5 Å². The molecule has 1 saturated heterocycles. The fourth-order valence-electron chi connectivity index (χ4n) is 2.68. The van der Waals surface area contributed by atoms with Crippen molar-refractivity contribution in [3.63, 3.8) is 0 Å². The van der Waals surface area contributed by atoms with Crippen LogP contribution in [0.4, 0.5) is 0 Å². The Bertz CT molecular complexity index is 659. The minimum atomic E-state index is -0.135. The Morgan fingerprint density at radius 1 is 1.25 bits per heavy atom. The van der Waals surface area contributed by atoms with E-state index in [4.69, 9.17) is 4.74 Å². The predicted octanol–water partition coefficient (Wildman–Crippen LogP) is 1.27. The third kappa shape index (κ3) is 4.19. The van der Waals surface area contributed by atoms with Crippen molar-refractivity contribution in [3.05, 3.63) is 34.7 Å². The minimum Gasteiger partial charge on any atom is -0.491 e. The van der Waals surface area contributed by atoms with Crippen LogP contribution in [-0.4, -0.2) is 55.3 Å². The molecule has 24 heavy (non-hydrogen) atoms. The van der Waals surface area contributed by atoms with Gasteiger partial charge in [-0.25, -0.2) is 0 Å². The number of rotatable bonds is 3. The van der Waals surface area contributed by atoms with E-state index < -0.39 is 0 Å². The second-order valence-electron chi connectivity index (χ2n) is 6.49. The first-order valence-electron chi connectivity index (χ1n) is 8.37. The number of nitrogens with zero attached hydrogens (tertiary/aromatic N) is 2. The van der Waals surface area contributed by atoms with E-state index >= 15 is 0 Å². The van der Waals surface area contributed by atoms with Gasteiger partial charge in [0.1, 0.15) is 5.75 Å². The number of carbonyl (C=O) groups excluding carboxylic acids is 1. The molecule has 0 unspecified atom stereocenters. The number of ether oxygens (including phenoxy) is 1. The van der Waals surface area contributed by atoms with Gasteiger partial charge in [0.05, 0.1) is 44.2 Å². The predicted molar refractivity (Wildman–Crippen MR) is 98.4 cm³/mol. The summed E-state index contributed by atoms with van der Waals surface area (Å²) in [6, 6.07) is 7.80. The molecule has 0 atom stereocenters. The Kier molecular flexibility index (Phi) is 5.26. The van der Waals surface area contributed by atoms with Crippen molar-refractivity contribution in [1.82, 2.24) is 4.90 Å². The van der Waals surface area contributed by atoms with E-state index in [0.717, 1.165) is 42.7 Å². The number of hydrogen-bond donors (Lipinski definition) is 1. The molecule has 1 fully saturated rings. The molecule has 0 bridgehead atoms. The number of hydrogen-bond acceptors (Lipinski definition) is 4. The summed E-state index contributed by atoms with van der Waals surface area (Å²) in [5.41, 5.74) is 0.987. The van der Waals surface area contributed by atoms with Gasteiger partial charge in [-0.3, -0.25) is 4.79 Å². The van der Waals surface area contributed by atoms with Crippen molar-refractivity contribution < 1.29 is 14.4 Å². The van der Waals surface area contributed by atoms with Crippen LogP contribution in [0.2, 0.25) is 0 Å². The van der Waals surface area contributed by atoms with Gasteiger partial charge in [-0.2, -0.15) is 4.99 Å². The molecule has 128 valence electrons. The standard InChI is InChI=1S/C18H23N3O2S/c1-13(2)23-15-6-4-14(5-7-15)12-16-17(22)19-18(24-16)21-10-8-20(3)9-11-21/h4-7,12-13H,8-11H2,1-3H3/p+1/b16-12+. The SMILES string of the molecule is CC(C)Oc1ccc(/C=C2/SC(N3CC[NH+](C)CC3)=NC2=O)cc1. The highest BCUT2D eigenvalue weighted by Gasteiger charge is 2.28. The Morgan fingerprint density at radius 3 is 2.54 bits per heavy atom. The van der Waals surface area contributed by atoms with Gasteiger partial charge in [-0.05, 0) is 49.4 Å². The molecule has 1 amide bonds. The second-order valence-corrected chi connectivity index (χ2v) is 7.50. The lowest BCUT2D eigenvalue weighted by atomic mass is 10.2. The molecular weight excluding hydrogens is 322 g/mol. The lowest BCUT2D eigenvalue weighted by Gasteiger charge is -2.30. The number of piperazine rings is 1. The molecule has 2 aliphatic rings. The molecule has 2 aliphatic heterocycles. The maximum Gasteiger partial charge on any atom is 0.286 e. The van der Waals surface area contributed by atoms with E-state index in [2.05, 4.69) is 16.9 Å². The van der Waals surface area contributed by atoms with Crippen molar-refractivity contribution in [2.24, 2.45) is 4.99 Å². The summed E-state index contributed by atoms with van der Waals surface area (Å²) in [6.45, 7) is 8.10. The fourth-order valence-corrected chi connectivity index (χ4v) is 3.64. The summed E-state index contributed by atoms with van der Waals surface area (Å²) in [7, 11) is 2.20. The highest BCUT2D eigenvalue weighted by atomic mass is 32.2. The van der Waals surface area contributed by atoms with Gasteiger partial charge >= 0.3 is 0 Å². The first-order valence-corrected chi connectivity index (χ1v) is 9.18. The van der Waals surface area contributed by atoms with Gasteiger partial charge in [0.2, 0.25) is 0 Å². The molecule has 1 aromatic rings. The highest BCUT2D eigenvalue weighted by Crippen LogP contribution is 2.30. The van der Waals surface area contributed by atoms with Crippen molar-refractivity contribution in [2.75, 3.05) is 33.2 Å². The van der Waals surface area contributed by atoms with E-state index in [9.17, 15) is 4.79 Å². The van der Waals surface area contributed by atoms with Gasteiger partial charge in [0.25, 0.3) is 5.91 Å². The first kappa shape index (κ1) is 17.0. The molecule has 6 heteroatoms. The van der Waals surface area contributed by atoms with Crippen LogP contribution in [0, 0.1) is 0 Å². The van der Waals surface area contributed by atoms with Crippen molar-refractivity contribution in [1.29, 1.82) is 0 Å². The monoisotopic (exact) mass is 346 g/mol. The minimum absolute atomic E-state index is 0.135. The number of aliphatic imine (C=N–C) groups is 1. The molecular formula is C18H24N3O2S+. The lowest BCUT2D eigenvalue weighted by Crippen LogP contribution is -3.12. The Balaban J connectivity index is 1.65. The largest absolute Gasteiger partial charge is 0.491 e. The summed E-state index contributed by atoms with van der Waals surface area (Å²) in [4.78, 5) is 20.8. The third-order valence-electron chi connectivity index (χ3n) is 4.05. The summed E-state index contributed by atoms with van der Waals surface area (Å²) >= 11 is 1.48. The smallest absolute Gasteiger partial charge is 0.286 e. The second kappa shape index (κ2) is 7.40. The first-order chi connectivity index (χ1) is 11.5. The van der Waals surface area contributed by atoms with Crippen LogP contribution in [0.1, 0.15) is 19.4 Å². The topological polar surface area (TPSA) is 46.3 Å². The van der Waals surface area contributed by atoms with E-state index in [1.54, 1.807) is 0 Å². The molecule has 0 saturated carbocycles. The van der Waals surface area contributed by atoms with Crippen molar-refractivity contribution in [3.8, 4) is 5.75 Å². The zero-order valence-electron chi connectivity index (χ0n) is 14.4. The molecule has 0 aromatic heterocycles. The molecule has 1 aromatic carbocycles. The third-order valence-corrected chi connectivity index (χ3v) is 5.09. The fraction of sp³-hybridized carbons (Fsp3) is 0.444. The Hall–Kier alpha value is -1.79. The Labute approximate surface area is 147 Å². The number of thioether (sulfide) groups is 1. The number of benzene rings is 1. The molecule has 0 spiro atoms. The molecule has 2 heterocycles. The van der Waals surface area contributed by atoms with Gasteiger partial charge in [0, 0.05) is 0 Å². The van der Waals surface area contributed by atoms with Crippen LogP contribution >= 0.6 is 11.8 Å². The zero-order valence-corrected chi connectivity index (χ0v) is 15.2. The summed E-state index contributed by atoms with van der Waals surface area (Å²) < 4.78 is 5.64. The number of carbonyl (C=O) groups is 1. The summed E-state index contributed by atoms with van der Waals surface area (Å²) in [5.74, 6) is 0.707. The molecule has 5 nitrogen and oxygen atoms in total. The maximum absolute atomic E-state index is 12.2. The van der Waals surface area contributed by atoms with Crippen molar-refractivity contribution >= 4 is 28.9 Å². The molecule has 0 radical (unpaired) electrons. The summed E-state index contributed by atoms with van der Waals surface area (Å²) in [6.07, 6.45) is 2.06. The van der Waals surface area contributed by atoms with Gasteiger partial charge in [-0.15, -0.1) is 0 Å². The number of amidine groups is 1. The number of amides is 1. The van der Waals surface area contributed by atoms with Crippen LogP contribution in [0.5, 0.6) is 5.75 Å². The number of nitrogens with one attached hydrogen (secondary N) is 1.